The first-order chi connectivity index (χ1) is 12.7. The van der Waals surface area contributed by atoms with E-state index in [1.165, 1.54) is 25.7 Å². The van der Waals surface area contributed by atoms with E-state index >= 15 is 0 Å². The van der Waals surface area contributed by atoms with Crippen LogP contribution in [0, 0.1) is 0 Å². The van der Waals surface area contributed by atoms with Crippen LogP contribution in [0.25, 0.3) is 0 Å². The van der Waals surface area contributed by atoms with Crippen molar-refractivity contribution in [1.82, 2.24) is 9.80 Å². The van der Waals surface area contributed by atoms with Crippen LogP contribution in [0.3, 0.4) is 0 Å². The molecular formula is C21H31N3O2. The van der Waals surface area contributed by atoms with Crippen molar-refractivity contribution in [3.8, 4) is 0 Å². The Labute approximate surface area is 156 Å². The van der Waals surface area contributed by atoms with E-state index in [2.05, 4.69) is 15.9 Å². The first-order valence-electron chi connectivity index (χ1n) is 10.1. The van der Waals surface area contributed by atoms with Crippen molar-refractivity contribution in [3.63, 3.8) is 0 Å². The van der Waals surface area contributed by atoms with Crippen LogP contribution < -0.4 is 5.73 Å². The predicted octanol–water partition coefficient (Wildman–Crippen LogP) is 2.52. The molecule has 0 radical (unpaired) electrons. The average molecular weight is 357 g/mol. The van der Waals surface area contributed by atoms with Gasteiger partial charge in [0.25, 0.3) is 5.91 Å². The maximum atomic E-state index is 13.0. The van der Waals surface area contributed by atoms with Crippen molar-refractivity contribution in [2.45, 2.75) is 69.8 Å². The van der Waals surface area contributed by atoms with E-state index in [0.29, 0.717) is 24.7 Å². The summed E-state index contributed by atoms with van der Waals surface area (Å²) in [6, 6.07) is 7.16. The molecule has 2 aliphatic heterocycles. The van der Waals surface area contributed by atoms with Gasteiger partial charge in [0.05, 0.1) is 6.10 Å². The van der Waals surface area contributed by atoms with Crippen LogP contribution in [0.1, 0.15) is 60.0 Å². The number of amides is 1. The molecule has 1 saturated carbocycles. The summed E-state index contributed by atoms with van der Waals surface area (Å²) in [5.41, 5.74) is 8.85. The lowest BCUT2D eigenvalue weighted by Crippen LogP contribution is -2.49. The molecule has 26 heavy (non-hydrogen) atoms. The molecule has 5 heteroatoms. The molecule has 0 aromatic heterocycles. The fourth-order valence-corrected chi connectivity index (χ4v) is 5.13. The van der Waals surface area contributed by atoms with Crippen LogP contribution in [-0.2, 0) is 17.8 Å². The Morgan fingerprint density at radius 3 is 2.46 bits per heavy atom. The number of benzene rings is 1. The Hall–Kier alpha value is -1.43. The lowest BCUT2D eigenvalue weighted by Gasteiger charge is -2.42. The minimum absolute atomic E-state index is 0.195. The van der Waals surface area contributed by atoms with E-state index in [4.69, 9.17) is 10.5 Å². The number of piperidine rings is 1. The fraction of sp³-hybridized carbons (Fsp3) is 0.667. The van der Waals surface area contributed by atoms with Gasteiger partial charge in [-0.1, -0.05) is 18.2 Å². The maximum Gasteiger partial charge on any atom is 0.255 e. The second kappa shape index (κ2) is 7.67. The van der Waals surface area contributed by atoms with Crippen molar-refractivity contribution in [3.05, 3.63) is 34.9 Å². The molecule has 142 valence electrons. The molecule has 0 atom stereocenters. The number of methoxy groups -OCH3 is 1. The van der Waals surface area contributed by atoms with Crippen molar-refractivity contribution in [2.75, 3.05) is 20.2 Å². The van der Waals surface area contributed by atoms with E-state index in [1.54, 1.807) is 0 Å². The highest BCUT2D eigenvalue weighted by Gasteiger charge is 2.37. The highest BCUT2D eigenvalue weighted by atomic mass is 16.5. The molecule has 0 bridgehead atoms. The molecule has 1 saturated heterocycles. The second-order valence-corrected chi connectivity index (χ2v) is 8.02. The average Bonchev–Trinajstić information content (AvgIpc) is 3.05. The first kappa shape index (κ1) is 18.0. The van der Waals surface area contributed by atoms with Gasteiger partial charge in [-0.25, -0.2) is 0 Å². The first-order valence-corrected chi connectivity index (χ1v) is 10.1. The summed E-state index contributed by atoms with van der Waals surface area (Å²) in [4.78, 5) is 17.7. The van der Waals surface area contributed by atoms with Crippen LogP contribution in [0.5, 0.6) is 0 Å². The molecule has 2 fully saturated rings. The lowest BCUT2D eigenvalue weighted by molar-refractivity contribution is 0.0217. The normalized spacial score (nSPS) is 27.8. The Bertz CT molecular complexity index is 647. The number of hydrogen-bond donors (Lipinski definition) is 1. The lowest BCUT2D eigenvalue weighted by atomic mass is 9.90. The molecule has 1 aliphatic carbocycles. The smallest absolute Gasteiger partial charge is 0.255 e. The third-order valence-corrected chi connectivity index (χ3v) is 6.71. The molecule has 1 aromatic carbocycles. The number of nitrogens with zero attached hydrogens (tertiary/aromatic N) is 2. The highest BCUT2D eigenvalue weighted by molar-refractivity contribution is 6.00. The molecule has 1 aromatic rings. The highest BCUT2D eigenvalue weighted by Crippen LogP contribution is 2.32. The van der Waals surface area contributed by atoms with Crippen molar-refractivity contribution >= 4 is 5.91 Å². The molecule has 2 N–H and O–H groups in total. The van der Waals surface area contributed by atoms with Gasteiger partial charge in [0.2, 0.25) is 0 Å². The largest absolute Gasteiger partial charge is 0.381 e. The van der Waals surface area contributed by atoms with Gasteiger partial charge >= 0.3 is 0 Å². The van der Waals surface area contributed by atoms with E-state index in [9.17, 15) is 4.79 Å². The minimum atomic E-state index is 0.195. The number of likely N-dealkylation sites (tertiary alicyclic amines) is 1. The number of carbonyl (C=O) groups excluding carboxylic acids is 1. The summed E-state index contributed by atoms with van der Waals surface area (Å²) < 4.78 is 5.50. The van der Waals surface area contributed by atoms with E-state index < -0.39 is 0 Å². The van der Waals surface area contributed by atoms with E-state index in [1.807, 2.05) is 19.2 Å². The summed E-state index contributed by atoms with van der Waals surface area (Å²) in [5.74, 6) is 0.195. The molecule has 5 nitrogen and oxygen atoms in total. The number of hydrogen-bond acceptors (Lipinski definition) is 4. The molecule has 2 heterocycles. The van der Waals surface area contributed by atoms with Crippen LogP contribution in [-0.4, -0.2) is 54.1 Å². The van der Waals surface area contributed by atoms with Crippen molar-refractivity contribution < 1.29 is 9.53 Å². The third-order valence-electron chi connectivity index (χ3n) is 6.71. The molecule has 4 rings (SSSR count). The Morgan fingerprint density at radius 2 is 1.81 bits per heavy atom. The summed E-state index contributed by atoms with van der Waals surface area (Å²) in [5, 5.41) is 0. The molecule has 0 spiro atoms. The molecule has 3 aliphatic rings. The third kappa shape index (κ3) is 3.28. The van der Waals surface area contributed by atoms with Gasteiger partial charge in [0.1, 0.15) is 0 Å². The van der Waals surface area contributed by atoms with E-state index in [-0.39, 0.29) is 5.91 Å². The Balaban J connectivity index is 1.35. The number of nitrogens with two attached hydrogens (primary N) is 1. The SMILES string of the molecule is COC1CCC(N2CCC(N3Cc4cccc(CN)c4C3=O)CC2)CC1. The standard InChI is InChI=1S/C21H31N3O2/c1-26-19-7-5-17(6-8-19)23-11-9-18(10-12-23)24-14-16-4-2-3-15(13-22)20(16)21(24)25/h2-4,17-19H,5-14,22H2,1H3. The zero-order valence-corrected chi connectivity index (χ0v) is 15.8. The van der Waals surface area contributed by atoms with Gasteiger partial charge in [0.15, 0.2) is 0 Å². The van der Waals surface area contributed by atoms with Gasteiger partial charge in [-0.2, -0.15) is 0 Å². The number of carbonyl (C=O) groups is 1. The second-order valence-electron chi connectivity index (χ2n) is 8.02. The van der Waals surface area contributed by atoms with Crippen LogP contribution in [0.4, 0.5) is 0 Å². The van der Waals surface area contributed by atoms with Crippen molar-refractivity contribution in [2.24, 2.45) is 5.73 Å². The molecule has 0 unspecified atom stereocenters. The Kier molecular flexibility index (Phi) is 5.30. The topological polar surface area (TPSA) is 58.8 Å². The van der Waals surface area contributed by atoms with Gasteiger partial charge in [0, 0.05) is 50.9 Å². The van der Waals surface area contributed by atoms with Crippen LogP contribution in [0.2, 0.25) is 0 Å². The summed E-state index contributed by atoms with van der Waals surface area (Å²) in [6.07, 6.45) is 7.49. The van der Waals surface area contributed by atoms with Gasteiger partial charge in [-0.15, -0.1) is 0 Å². The molecular weight excluding hydrogens is 326 g/mol. The zero-order chi connectivity index (χ0) is 18.1. The fourth-order valence-electron chi connectivity index (χ4n) is 5.13. The maximum absolute atomic E-state index is 13.0. The van der Waals surface area contributed by atoms with Crippen molar-refractivity contribution in [1.29, 1.82) is 0 Å². The monoisotopic (exact) mass is 357 g/mol. The summed E-state index contributed by atoms with van der Waals surface area (Å²) in [6.45, 7) is 3.41. The Morgan fingerprint density at radius 1 is 1.08 bits per heavy atom. The number of ether oxygens (including phenoxy) is 1. The van der Waals surface area contributed by atoms with Gasteiger partial charge in [-0.3, -0.25) is 4.79 Å². The van der Waals surface area contributed by atoms with Gasteiger partial charge in [-0.05, 0) is 49.7 Å². The number of rotatable bonds is 4. The van der Waals surface area contributed by atoms with Crippen LogP contribution in [0.15, 0.2) is 18.2 Å². The van der Waals surface area contributed by atoms with Gasteiger partial charge < -0.3 is 20.3 Å². The van der Waals surface area contributed by atoms with E-state index in [0.717, 1.165) is 49.2 Å². The molecule has 1 amide bonds. The predicted molar refractivity (Wildman–Crippen MR) is 102 cm³/mol. The van der Waals surface area contributed by atoms with Crippen LogP contribution >= 0.6 is 0 Å². The quantitative estimate of drug-likeness (QED) is 0.900. The number of fused-ring (bicyclic) bond motifs is 1. The summed E-state index contributed by atoms with van der Waals surface area (Å²) >= 11 is 0. The minimum Gasteiger partial charge on any atom is -0.381 e. The zero-order valence-electron chi connectivity index (χ0n) is 15.8. The summed E-state index contributed by atoms with van der Waals surface area (Å²) in [7, 11) is 1.83.